The molecule has 0 radical (unpaired) electrons. The fourth-order valence-corrected chi connectivity index (χ4v) is 3.11. The molecule has 102 valence electrons. The van der Waals surface area contributed by atoms with Crippen LogP contribution < -0.4 is 4.74 Å². The average molecular weight is 286 g/mol. The predicted molar refractivity (Wildman–Crippen MR) is 77.3 cm³/mol. The third-order valence-electron chi connectivity index (χ3n) is 3.17. The summed E-state index contributed by atoms with van der Waals surface area (Å²) >= 11 is 1.74. The Morgan fingerprint density at radius 2 is 2.20 bits per heavy atom. The van der Waals surface area contributed by atoms with E-state index >= 15 is 0 Å². The van der Waals surface area contributed by atoms with Gasteiger partial charge >= 0.3 is 0 Å². The minimum absolute atomic E-state index is 0.0154. The number of hydrogen-bond donors (Lipinski definition) is 0. The minimum Gasteiger partial charge on any atom is -0.480 e. The van der Waals surface area contributed by atoms with Gasteiger partial charge in [-0.3, -0.25) is 4.79 Å². The second-order valence-electron chi connectivity index (χ2n) is 4.65. The monoisotopic (exact) mass is 286 g/mol. The maximum atomic E-state index is 11.4. The molecular weight excluding hydrogens is 272 g/mol. The number of thioether (sulfide) groups is 1. The van der Waals surface area contributed by atoms with Crippen LogP contribution in [0.25, 0.3) is 0 Å². The molecule has 1 aromatic carbocycles. The Morgan fingerprint density at radius 1 is 1.40 bits per heavy atom. The number of para-hydroxylation sites is 1. The van der Waals surface area contributed by atoms with E-state index in [2.05, 4.69) is 9.97 Å². The molecule has 3 rings (SSSR count). The summed E-state index contributed by atoms with van der Waals surface area (Å²) in [7, 11) is 0. The van der Waals surface area contributed by atoms with Crippen LogP contribution in [0.1, 0.15) is 34.9 Å². The summed E-state index contributed by atoms with van der Waals surface area (Å²) in [5.74, 6) is 2.26. The van der Waals surface area contributed by atoms with Crippen molar-refractivity contribution >= 4 is 17.5 Å². The molecule has 0 aliphatic carbocycles. The zero-order valence-corrected chi connectivity index (χ0v) is 12.1. The smallest absolute Gasteiger partial charge is 0.170 e. The van der Waals surface area contributed by atoms with Crippen LogP contribution in [0.15, 0.2) is 35.4 Å². The summed E-state index contributed by atoms with van der Waals surface area (Å²) in [5.41, 5.74) is 1.27. The van der Waals surface area contributed by atoms with E-state index in [0.717, 1.165) is 16.4 Å². The molecule has 20 heavy (non-hydrogen) atoms. The van der Waals surface area contributed by atoms with Gasteiger partial charge in [0.15, 0.2) is 17.7 Å². The molecule has 0 spiro atoms. The third-order valence-corrected chi connectivity index (χ3v) is 4.29. The van der Waals surface area contributed by atoms with E-state index in [9.17, 15) is 4.79 Å². The molecule has 1 atom stereocenters. The first-order valence-electron chi connectivity index (χ1n) is 6.38. The van der Waals surface area contributed by atoms with E-state index in [1.165, 1.54) is 6.92 Å². The van der Waals surface area contributed by atoms with Crippen LogP contribution in [0.3, 0.4) is 0 Å². The molecule has 0 saturated carbocycles. The number of hydrogen-bond acceptors (Lipinski definition) is 5. The molecule has 1 aromatic heterocycles. The first-order chi connectivity index (χ1) is 9.65. The Kier molecular flexibility index (Phi) is 3.44. The first kappa shape index (κ1) is 13.1. The van der Waals surface area contributed by atoms with E-state index < -0.39 is 0 Å². The molecule has 0 fully saturated rings. The number of aromatic nitrogens is 2. The first-order valence-corrected chi connectivity index (χ1v) is 7.36. The van der Waals surface area contributed by atoms with E-state index in [0.29, 0.717) is 17.1 Å². The lowest BCUT2D eigenvalue weighted by Gasteiger charge is -2.24. The summed E-state index contributed by atoms with van der Waals surface area (Å²) in [6, 6.07) is 7.94. The summed E-state index contributed by atoms with van der Waals surface area (Å²) in [6.45, 7) is 3.35. The zero-order chi connectivity index (χ0) is 14.1. The molecular formula is C15H14N2O2S. The fourth-order valence-electron chi connectivity index (χ4n) is 2.13. The summed E-state index contributed by atoms with van der Waals surface area (Å²) in [6.07, 6.45) is 1.42. The molecule has 2 aromatic rings. The van der Waals surface area contributed by atoms with Gasteiger partial charge in [-0.05, 0) is 26.0 Å². The van der Waals surface area contributed by atoms with Gasteiger partial charge in [0.05, 0.1) is 11.3 Å². The van der Waals surface area contributed by atoms with E-state index in [1.807, 2.05) is 31.2 Å². The van der Waals surface area contributed by atoms with Crippen molar-refractivity contribution in [2.24, 2.45) is 0 Å². The Balaban J connectivity index is 1.88. The molecule has 0 saturated heterocycles. The highest BCUT2D eigenvalue weighted by Gasteiger charge is 2.24. The van der Waals surface area contributed by atoms with Gasteiger partial charge in [0.2, 0.25) is 0 Å². The van der Waals surface area contributed by atoms with E-state index in [4.69, 9.17) is 4.74 Å². The Bertz CT molecular complexity index is 673. The van der Waals surface area contributed by atoms with E-state index in [1.54, 1.807) is 18.0 Å². The number of rotatable bonds is 2. The summed E-state index contributed by atoms with van der Waals surface area (Å²) in [4.78, 5) is 21.2. The number of benzene rings is 1. The molecule has 0 amide bonds. The highest BCUT2D eigenvalue weighted by atomic mass is 32.2. The van der Waals surface area contributed by atoms with Crippen LogP contribution in [0.2, 0.25) is 0 Å². The van der Waals surface area contributed by atoms with Crippen molar-refractivity contribution in [1.82, 2.24) is 9.97 Å². The summed E-state index contributed by atoms with van der Waals surface area (Å²) in [5, 5.41) is 0. The van der Waals surface area contributed by atoms with Crippen LogP contribution in [0.5, 0.6) is 5.75 Å². The highest BCUT2D eigenvalue weighted by Crippen LogP contribution is 2.39. The van der Waals surface area contributed by atoms with Crippen molar-refractivity contribution in [3.63, 3.8) is 0 Å². The number of nitrogens with zero attached hydrogens (tertiary/aromatic N) is 2. The molecule has 4 nitrogen and oxygen atoms in total. The normalized spacial score (nSPS) is 17.2. The van der Waals surface area contributed by atoms with Crippen molar-refractivity contribution < 1.29 is 9.53 Å². The van der Waals surface area contributed by atoms with Crippen molar-refractivity contribution in [2.75, 3.05) is 5.75 Å². The van der Waals surface area contributed by atoms with Crippen LogP contribution in [0.4, 0.5) is 0 Å². The summed E-state index contributed by atoms with van der Waals surface area (Å²) < 4.78 is 5.94. The number of aryl methyl sites for hydroxylation is 1. The quantitative estimate of drug-likeness (QED) is 0.793. The highest BCUT2D eigenvalue weighted by molar-refractivity contribution is 7.99. The average Bonchev–Trinajstić information content (AvgIpc) is 2.46. The van der Waals surface area contributed by atoms with Gasteiger partial charge < -0.3 is 4.74 Å². The zero-order valence-electron chi connectivity index (χ0n) is 11.3. The number of Topliss-reactive ketones (excluding diaryl/α,β-unsaturated/α-hetero) is 1. The van der Waals surface area contributed by atoms with Crippen molar-refractivity contribution in [3.05, 3.63) is 47.5 Å². The van der Waals surface area contributed by atoms with Gasteiger partial charge in [-0.1, -0.05) is 12.1 Å². The van der Waals surface area contributed by atoms with Gasteiger partial charge in [0, 0.05) is 16.8 Å². The molecule has 2 heterocycles. The number of ether oxygens (including phenoxy) is 1. The molecule has 0 N–H and O–H groups in total. The van der Waals surface area contributed by atoms with E-state index in [-0.39, 0.29) is 11.9 Å². The molecule has 1 unspecified atom stereocenters. The van der Waals surface area contributed by atoms with Crippen LogP contribution in [0, 0.1) is 6.92 Å². The van der Waals surface area contributed by atoms with Crippen LogP contribution in [-0.4, -0.2) is 21.5 Å². The maximum absolute atomic E-state index is 11.4. The fraction of sp³-hybridized carbons (Fsp3) is 0.267. The SMILES string of the molecule is CC(=O)c1cnc(C2CSc3ccccc3O2)nc1C. The van der Waals surface area contributed by atoms with Crippen molar-refractivity contribution in [1.29, 1.82) is 0 Å². The number of ketones is 1. The largest absolute Gasteiger partial charge is 0.480 e. The number of carbonyl (C=O) groups excluding carboxylic acids is 1. The van der Waals surface area contributed by atoms with Gasteiger partial charge in [-0.15, -0.1) is 11.8 Å². The number of fused-ring (bicyclic) bond motifs is 1. The molecule has 5 heteroatoms. The van der Waals surface area contributed by atoms with Crippen LogP contribution >= 0.6 is 11.8 Å². The predicted octanol–water partition coefficient (Wildman–Crippen LogP) is 3.21. The van der Waals surface area contributed by atoms with Gasteiger partial charge in [0.1, 0.15) is 5.75 Å². The van der Waals surface area contributed by atoms with Gasteiger partial charge in [0.25, 0.3) is 0 Å². The van der Waals surface area contributed by atoms with Crippen LogP contribution in [-0.2, 0) is 0 Å². The Hall–Kier alpha value is -1.88. The topological polar surface area (TPSA) is 52.1 Å². The maximum Gasteiger partial charge on any atom is 0.170 e. The van der Waals surface area contributed by atoms with Crippen molar-refractivity contribution in [2.45, 2.75) is 24.8 Å². The molecule has 1 aliphatic heterocycles. The Labute approximate surface area is 121 Å². The lowest BCUT2D eigenvalue weighted by Crippen LogP contribution is -2.18. The lowest BCUT2D eigenvalue weighted by atomic mass is 10.2. The Morgan fingerprint density at radius 3 is 2.95 bits per heavy atom. The second kappa shape index (κ2) is 5.25. The van der Waals surface area contributed by atoms with Gasteiger partial charge in [-0.2, -0.15) is 0 Å². The van der Waals surface area contributed by atoms with Crippen molar-refractivity contribution in [3.8, 4) is 5.75 Å². The molecule has 1 aliphatic rings. The second-order valence-corrected chi connectivity index (χ2v) is 5.71. The standard InChI is InChI=1S/C15H14N2O2S/c1-9-11(10(2)18)7-16-15(17-9)13-8-20-14-6-4-3-5-12(14)19-13/h3-7,13H,8H2,1-2H3. The number of carbonyl (C=O) groups is 1. The minimum atomic E-state index is -0.172. The lowest BCUT2D eigenvalue weighted by molar-refractivity contribution is 0.101. The third kappa shape index (κ3) is 2.41. The van der Waals surface area contributed by atoms with Gasteiger partial charge in [-0.25, -0.2) is 9.97 Å². The molecule has 0 bridgehead atoms.